The Balaban J connectivity index is 5.52. The highest BCUT2D eigenvalue weighted by Crippen LogP contribution is 2.15. The van der Waals surface area contributed by atoms with Crippen molar-refractivity contribution in [2.45, 2.75) is 65.5 Å². The molecule has 0 aliphatic carbocycles. The van der Waals surface area contributed by atoms with Gasteiger partial charge in [0.1, 0.15) is 31.7 Å². The predicted octanol–water partition coefficient (Wildman–Crippen LogP) is -0.644. The number of carbonyl (C=O) groups excluding carboxylic acids is 5. The molecule has 0 unspecified atom stereocenters. The lowest BCUT2D eigenvalue weighted by Gasteiger charge is -2.33. The van der Waals surface area contributed by atoms with Crippen LogP contribution >= 0.6 is 0 Å². The molecule has 0 radical (unpaired) electrons. The first kappa shape index (κ1) is 30.2. The van der Waals surface area contributed by atoms with E-state index in [1.54, 1.807) is 21.7 Å². The van der Waals surface area contributed by atoms with Crippen LogP contribution in [0.4, 0.5) is 0 Å². The van der Waals surface area contributed by atoms with E-state index >= 15 is 0 Å². The number of hydrogen-bond donors (Lipinski definition) is 2. The molecular formula is C22H40BN5O5. The van der Waals surface area contributed by atoms with Gasteiger partial charge in [-0.1, -0.05) is 34.3 Å². The minimum Gasteiger partial charge on any atom is -0.368 e. The zero-order valence-electron chi connectivity index (χ0n) is 21.5. The Labute approximate surface area is 198 Å². The summed E-state index contributed by atoms with van der Waals surface area (Å²) in [6.45, 7) is 12.6. The minimum atomic E-state index is -0.943. The number of primary amides is 1. The van der Waals surface area contributed by atoms with Crippen molar-refractivity contribution in [3.05, 3.63) is 12.3 Å². The zero-order valence-corrected chi connectivity index (χ0v) is 21.5. The van der Waals surface area contributed by atoms with Crippen LogP contribution in [0.15, 0.2) is 12.3 Å². The fourth-order valence-corrected chi connectivity index (χ4v) is 3.16. The lowest BCUT2D eigenvalue weighted by Crippen LogP contribution is -2.58. The second-order valence-electron chi connectivity index (χ2n) is 9.07. The summed E-state index contributed by atoms with van der Waals surface area (Å²) in [6.07, 6.45) is 0.605. The summed E-state index contributed by atoms with van der Waals surface area (Å²) in [7, 11) is 6.03. The van der Waals surface area contributed by atoms with Gasteiger partial charge < -0.3 is 25.8 Å². The minimum absolute atomic E-state index is 0.0572. The second-order valence-corrected chi connectivity index (χ2v) is 9.07. The Kier molecular flexibility index (Phi) is 11.9. The van der Waals surface area contributed by atoms with E-state index in [2.05, 4.69) is 11.9 Å². The third-order valence-corrected chi connectivity index (χ3v) is 5.68. The summed E-state index contributed by atoms with van der Waals surface area (Å²) in [5.41, 5.74) is 5.45. The van der Waals surface area contributed by atoms with Crippen LogP contribution in [-0.2, 0) is 24.0 Å². The molecule has 0 aliphatic heterocycles. The summed E-state index contributed by atoms with van der Waals surface area (Å²) in [6, 6.07) is -2.66. The van der Waals surface area contributed by atoms with Gasteiger partial charge in [0, 0.05) is 21.1 Å². The highest BCUT2D eigenvalue weighted by Gasteiger charge is 2.35. The number of nitrogens with zero attached hydrogens (tertiary/aromatic N) is 3. The number of nitrogens with one attached hydrogen (secondary N) is 1. The lowest BCUT2D eigenvalue weighted by atomic mass is 9.98. The number of rotatable bonds is 12. The summed E-state index contributed by atoms with van der Waals surface area (Å²) < 4.78 is 0. The molecule has 0 aliphatic rings. The Morgan fingerprint density at radius 3 is 1.88 bits per heavy atom. The van der Waals surface area contributed by atoms with Crippen LogP contribution in [0, 0.1) is 11.8 Å². The van der Waals surface area contributed by atoms with Gasteiger partial charge in [-0.15, -0.1) is 0 Å². The van der Waals surface area contributed by atoms with Gasteiger partial charge in [0.25, 0.3) is 5.91 Å². The van der Waals surface area contributed by atoms with Crippen LogP contribution < -0.4 is 11.1 Å². The van der Waals surface area contributed by atoms with Crippen LogP contribution in [0.1, 0.15) is 41.0 Å². The monoisotopic (exact) mass is 465 g/mol. The van der Waals surface area contributed by atoms with Gasteiger partial charge in [0.2, 0.25) is 23.6 Å². The third kappa shape index (κ3) is 8.22. The normalized spacial score (nSPS) is 13.6. The van der Waals surface area contributed by atoms with Gasteiger partial charge in [0.15, 0.2) is 0 Å². The van der Waals surface area contributed by atoms with Gasteiger partial charge >= 0.3 is 0 Å². The van der Waals surface area contributed by atoms with Crippen LogP contribution in [-0.4, -0.2) is 91.4 Å². The third-order valence-electron chi connectivity index (χ3n) is 5.68. The highest BCUT2D eigenvalue weighted by molar-refractivity contribution is 6.20. The molecule has 0 saturated carbocycles. The summed E-state index contributed by atoms with van der Waals surface area (Å²) in [4.78, 5) is 66.1. The average molecular weight is 465 g/mol. The molecule has 0 aromatic heterocycles. The van der Waals surface area contributed by atoms with Gasteiger partial charge in [0.05, 0.1) is 0 Å². The molecule has 0 bridgehead atoms. The first-order chi connectivity index (χ1) is 15.1. The van der Waals surface area contributed by atoms with Crippen LogP contribution in [0.2, 0.25) is 6.32 Å². The summed E-state index contributed by atoms with van der Waals surface area (Å²) in [5.74, 6) is -2.63. The Bertz CT molecular complexity index is 770. The second kappa shape index (κ2) is 13.0. The van der Waals surface area contributed by atoms with Crippen molar-refractivity contribution in [2.24, 2.45) is 17.6 Å². The number of likely N-dealkylation sites (N-methyl/N-ethyl adjacent to an activating group) is 3. The number of hydrogen-bond acceptors (Lipinski definition) is 5. The van der Waals surface area contributed by atoms with Crippen molar-refractivity contribution in [3.8, 4) is 0 Å². The molecule has 3 atom stereocenters. The average Bonchev–Trinajstić information content (AvgIpc) is 2.75. The smallest absolute Gasteiger partial charge is 0.270 e. The summed E-state index contributed by atoms with van der Waals surface area (Å²) >= 11 is 0. The van der Waals surface area contributed by atoms with E-state index < -0.39 is 41.8 Å². The zero-order chi connectivity index (χ0) is 26.2. The van der Waals surface area contributed by atoms with E-state index in [9.17, 15) is 24.0 Å². The Morgan fingerprint density at radius 1 is 0.970 bits per heavy atom. The van der Waals surface area contributed by atoms with Crippen LogP contribution in [0.25, 0.3) is 0 Å². The molecule has 10 nitrogen and oxygen atoms in total. The molecule has 0 saturated heterocycles. The van der Waals surface area contributed by atoms with Crippen molar-refractivity contribution in [1.29, 1.82) is 0 Å². The molecule has 0 heterocycles. The van der Waals surface area contributed by atoms with Crippen molar-refractivity contribution < 1.29 is 24.0 Å². The summed E-state index contributed by atoms with van der Waals surface area (Å²) in [5, 5.41) is 2.70. The number of nitrogens with two attached hydrogens (primary N) is 1. The molecular weight excluding hydrogens is 425 g/mol. The number of amides is 5. The molecule has 0 rings (SSSR count). The fraction of sp³-hybridized carbons (Fsp3) is 0.682. The maximum atomic E-state index is 13.1. The van der Waals surface area contributed by atoms with E-state index in [1.165, 1.54) is 33.0 Å². The molecule has 0 spiro atoms. The van der Waals surface area contributed by atoms with Crippen molar-refractivity contribution in [2.75, 3.05) is 21.1 Å². The first-order valence-electron chi connectivity index (χ1n) is 11.2. The molecule has 5 amide bonds. The van der Waals surface area contributed by atoms with Crippen molar-refractivity contribution in [1.82, 2.24) is 20.0 Å². The standard InChI is InChI=1S/C22H40BN5O5/c1-12(2)10-16(19(24)30)28(9)22(33)18(13(3)4)25-20(31)14(5)27(8)21(32)15(6)26(7)17(29)11-23/h12-14,16,18H,6,10-11,23H2,1-5,7-9H3,(H2,24,30)(H,25,31)/t14-,16-,18-/m0/s1. The van der Waals surface area contributed by atoms with Crippen LogP contribution in [0.5, 0.6) is 0 Å². The van der Waals surface area contributed by atoms with E-state index in [0.717, 1.165) is 9.80 Å². The van der Waals surface area contributed by atoms with Crippen molar-refractivity contribution >= 4 is 37.4 Å². The molecule has 3 N–H and O–H groups in total. The predicted molar refractivity (Wildman–Crippen MR) is 129 cm³/mol. The topological polar surface area (TPSA) is 133 Å². The SMILES string of the molecule is BCC(=O)N(C)C(=C)C(=O)N(C)[C@@H](C)C(=O)N[C@H](C(=O)N(C)[C@@H](CC(C)C)C(N)=O)C(C)C. The van der Waals surface area contributed by atoms with E-state index in [1.807, 2.05) is 13.8 Å². The highest BCUT2D eigenvalue weighted by atomic mass is 16.2. The Morgan fingerprint density at radius 2 is 1.48 bits per heavy atom. The van der Waals surface area contributed by atoms with Crippen molar-refractivity contribution in [3.63, 3.8) is 0 Å². The quantitative estimate of drug-likeness (QED) is 0.292. The van der Waals surface area contributed by atoms with Gasteiger partial charge in [-0.3, -0.25) is 24.0 Å². The molecule has 0 aromatic rings. The molecule has 11 heteroatoms. The van der Waals surface area contributed by atoms with Crippen LogP contribution in [0.3, 0.4) is 0 Å². The lowest BCUT2D eigenvalue weighted by molar-refractivity contribution is -0.144. The molecule has 33 heavy (non-hydrogen) atoms. The molecule has 0 aromatic carbocycles. The fourth-order valence-electron chi connectivity index (χ4n) is 3.16. The molecule has 186 valence electrons. The van der Waals surface area contributed by atoms with Gasteiger partial charge in [-0.2, -0.15) is 0 Å². The Hall–Kier alpha value is -2.85. The maximum Gasteiger partial charge on any atom is 0.270 e. The molecule has 0 fully saturated rings. The van der Waals surface area contributed by atoms with Gasteiger partial charge in [-0.25, -0.2) is 0 Å². The van der Waals surface area contributed by atoms with E-state index in [4.69, 9.17) is 5.73 Å². The maximum absolute atomic E-state index is 13.1. The van der Waals surface area contributed by atoms with E-state index in [0.29, 0.717) is 6.42 Å². The van der Waals surface area contributed by atoms with E-state index in [-0.39, 0.29) is 29.8 Å². The largest absolute Gasteiger partial charge is 0.368 e. The first-order valence-corrected chi connectivity index (χ1v) is 11.2. The number of carbonyl (C=O) groups is 5. The van der Waals surface area contributed by atoms with Gasteiger partial charge in [-0.05, 0) is 31.5 Å².